The minimum Gasteiger partial charge on any atom is -0.455 e. The summed E-state index contributed by atoms with van der Waals surface area (Å²) in [7, 11) is 0. The Hall–Kier alpha value is -1.95. The van der Waals surface area contributed by atoms with Crippen molar-refractivity contribution in [1.82, 2.24) is 0 Å². The molecular weight excluding hydrogens is 320 g/mol. The maximum atomic E-state index is 13.5. The van der Waals surface area contributed by atoms with Crippen LogP contribution < -0.4 is 10.5 Å². The number of hydrogen-bond donors (Lipinski definition) is 1. The van der Waals surface area contributed by atoms with Gasteiger partial charge >= 0.3 is 0 Å². The van der Waals surface area contributed by atoms with E-state index in [1.807, 2.05) is 0 Å². The van der Waals surface area contributed by atoms with Crippen LogP contribution in [0, 0.1) is 11.6 Å². The summed E-state index contributed by atoms with van der Waals surface area (Å²) in [4.78, 5) is 11.2. The standard InChI is InChI=1S/C13H8BrF2NO2/c14-8-6-7(15)4-5-10(8)19-11-3-1-2-9(16)12(11)13(17)18/h1-6H,(H2,17,18). The molecule has 0 saturated carbocycles. The number of amides is 1. The van der Waals surface area contributed by atoms with Gasteiger partial charge in [0, 0.05) is 0 Å². The highest BCUT2D eigenvalue weighted by Crippen LogP contribution is 2.32. The van der Waals surface area contributed by atoms with Gasteiger partial charge in [-0.2, -0.15) is 0 Å². The molecule has 0 unspecified atom stereocenters. The van der Waals surface area contributed by atoms with Gasteiger partial charge in [-0.3, -0.25) is 4.79 Å². The number of ether oxygens (including phenoxy) is 1. The molecule has 3 nitrogen and oxygen atoms in total. The number of primary amides is 1. The zero-order valence-corrected chi connectivity index (χ0v) is 11.1. The van der Waals surface area contributed by atoms with E-state index in [0.29, 0.717) is 4.47 Å². The summed E-state index contributed by atoms with van der Waals surface area (Å²) in [6.45, 7) is 0. The van der Waals surface area contributed by atoms with Crippen molar-refractivity contribution in [1.29, 1.82) is 0 Å². The van der Waals surface area contributed by atoms with E-state index in [1.165, 1.54) is 30.3 Å². The molecule has 0 aliphatic heterocycles. The lowest BCUT2D eigenvalue weighted by molar-refractivity contribution is 0.0994. The molecule has 0 fully saturated rings. The number of rotatable bonds is 3. The van der Waals surface area contributed by atoms with Gasteiger partial charge in [0.2, 0.25) is 0 Å². The monoisotopic (exact) mass is 327 g/mol. The minimum atomic E-state index is -0.939. The average molecular weight is 328 g/mol. The molecule has 2 aromatic carbocycles. The summed E-state index contributed by atoms with van der Waals surface area (Å²) < 4.78 is 32.2. The molecule has 2 N–H and O–H groups in total. The topological polar surface area (TPSA) is 52.3 Å². The minimum absolute atomic E-state index is 0.0280. The van der Waals surface area contributed by atoms with E-state index in [-0.39, 0.29) is 17.1 Å². The van der Waals surface area contributed by atoms with Crippen molar-refractivity contribution in [3.05, 3.63) is 58.1 Å². The highest BCUT2D eigenvalue weighted by molar-refractivity contribution is 9.10. The fourth-order valence-electron chi connectivity index (χ4n) is 1.50. The highest BCUT2D eigenvalue weighted by atomic mass is 79.9. The number of nitrogens with two attached hydrogens (primary N) is 1. The third-order valence-corrected chi connectivity index (χ3v) is 2.96. The largest absolute Gasteiger partial charge is 0.455 e. The number of halogens is 3. The van der Waals surface area contributed by atoms with Crippen molar-refractivity contribution in [3.63, 3.8) is 0 Å². The van der Waals surface area contributed by atoms with Gasteiger partial charge in [0.15, 0.2) is 0 Å². The van der Waals surface area contributed by atoms with Gasteiger partial charge in [-0.1, -0.05) is 6.07 Å². The SMILES string of the molecule is NC(=O)c1c(F)cccc1Oc1ccc(F)cc1Br. The Morgan fingerprint density at radius 2 is 1.89 bits per heavy atom. The number of carbonyl (C=O) groups excluding carboxylic acids is 1. The maximum absolute atomic E-state index is 13.5. The van der Waals surface area contributed by atoms with E-state index in [2.05, 4.69) is 15.9 Å². The summed E-state index contributed by atoms with van der Waals surface area (Å²) >= 11 is 3.11. The van der Waals surface area contributed by atoms with Crippen LogP contribution in [0.15, 0.2) is 40.9 Å². The Kier molecular flexibility index (Phi) is 3.80. The fraction of sp³-hybridized carbons (Fsp3) is 0. The van der Waals surface area contributed by atoms with E-state index in [0.717, 1.165) is 6.07 Å². The lowest BCUT2D eigenvalue weighted by Gasteiger charge is -2.11. The van der Waals surface area contributed by atoms with Crippen LogP contribution in [-0.4, -0.2) is 5.91 Å². The molecule has 0 atom stereocenters. The molecule has 0 aromatic heterocycles. The first-order valence-corrected chi connectivity index (χ1v) is 5.99. The van der Waals surface area contributed by atoms with Crippen molar-refractivity contribution in [3.8, 4) is 11.5 Å². The van der Waals surface area contributed by atoms with E-state index >= 15 is 0 Å². The smallest absolute Gasteiger partial charge is 0.255 e. The summed E-state index contributed by atoms with van der Waals surface area (Å²) in [5, 5.41) is 0. The zero-order valence-electron chi connectivity index (χ0n) is 9.49. The Morgan fingerprint density at radius 3 is 2.53 bits per heavy atom. The van der Waals surface area contributed by atoms with Crippen molar-refractivity contribution in [2.45, 2.75) is 0 Å². The summed E-state index contributed by atoms with van der Waals surface area (Å²) in [5.74, 6) is -1.95. The highest BCUT2D eigenvalue weighted by Gasteiger charge is 2.16. The van der Waals surface area contributed by atoms with Gasteiger partial charge in [0.25, 0.3) is 5.91 Å². The molecule has 2 aromatic rings. The fourth-order valence-corrected chi connectivity index (χ4v) is 1.94. The first-order chi connectivity index (χ1) is 8.99. The van der Waals surface area contributed by atoms with Gasteiger partial charge in [-0.05, 0) is 46.3 Å². The molecule has 2 rings (SSSR count). The first-order valence-electron chi connectivity index (χ1n) is 5.20. The Bertz CT molecular complexity index is 647. The third kappa shape index (κ3) is 2.90. The van der Waals surface area contributed by atoms with Crippen LogP contribution in [0.2, 0.25) is 0 Å². The lowest BCUT2D eigenvalue weighted by atomic mass is 10.2. The summed E-state index contributed by atoms with van der Waals surface area (Å²) in [5.41, 5.74) is 4.75. The molecule has 98 valence electrons. The normalized spacial score (nSPS) is 10.3. The second kappa shape index (κ2) is 5.36. The van der Waals surface area contributed by atoms with Crippen molar-refractivity contribution >= 4 is 21.8 Å². The summed E-state index contributed by atoms with van der Waals surface area (Å²) in [6, 6.07) is 7.62. The number of carbonyl (C=O) groups is 1. The van der Waals surface area contributed by atoms with Crippen molar-refractivity contribution < 1.29 is 18.3 Å². The van der Waals surface area contributed by atoms with E-state index in [9.17, 15) is 13.6 Å². The Labute approximate surface area is 116 Å². The number of hydrogen-bond acceptors (Lipinski definition) is 2. The molecule has 0 heterocycles. The van der Waals surface area contributed by atoms with Crippen LogP contribution in [-0.2, 0) is 0 Å². The van der Waals surface area contributed by atoms with E-state index in [4.69, 9.17) is 10.5 Å². The van der Waals surface area contributed by atoms with Crippen LogP contribution >= 0.6 is 15.9 Å². The Morgan fingerprint density at radius 1 is 1.16 bits per heavy atom. The molecule has 1 amide bonds. The molecule has 0 radical (unpaired) electrons. The number of benzene rings is 2. The summed E-state index contributed by atoms with van der Waals surface area (Å²) in [6.07, 6.45) is 0. The molecule has 0 aliphatic carbocycles. The van der Waals surface area contributed by atoms with Crippen LogP contribution in [0.4, 0.5) is 8.78 Å². The van der Waals surface area contributed by atoms with Gasteiger partial charge < -0.3 is 10.5 Å². The third-order valence-electron chi connectivity index (χ3n) is 2.34. The zero-order chi connectivity index (χ0) is 14.0. The predicted molar refractivity (Wildman–Crippen MR) is 69.1 cm³/mol. The lowest BCUT2D eigenvalue weighted by Crippen LogP contribution is -2.14. The van der Waals surface area contributed by atoms with Crippen molar-refractivity contribution in [2.24, 2.45) is 5.73 Å². The van der Waals surface area contributed by atoms with E-state index in [1.54, 1.807) is 0 Å². The van der Waals surface area contributed by atoms with Crippen LogP contribution in [0.5, 0.6) is 11.5 Å². The Balaban J connectivity index is 2.44. The van der Waals surface area contributed by atoms with E-state index < -0.39 is 17.5 Å². The van der Waals surface area contributed by atoms with Crippen LogP contribution in [0.1, 0.15) is 10.4 Å². The van der Waals surface area contributed by atoms with Crippen LogP contribution in [0.25, 0.3) is 0 Å². The maximum Gasteiger partial charge on any atom is 0.255 e. The molecule has 19 heavy (non-hydrogen) atoms. The molecule has 0 spiro atoms. The van der Waals surface area contributed by atoms with Gasteiger partial charge in [0.05, 0.1) is 4.47 Å². The molecular formula is C13H8BrF2NO2. The molecule has 6 heteroatoms. The van der Waals surface area contributed by atoms with Gasteiger partial charge in [0.1, 0.15) is 28.7 Å². The molecule has 0 aliphatic rings. The van der Waals surface area contributed by atoms with Gasteiger partial charge in [-0.25, -0.2) is 8.78 Å². The van der Waals surface area contributed by atoms with Crippen LogP contribution in [0.3, 0.4) is 0 Å². The second-order valence-electron chi connectivity index (χ2n) is 3.65. The molecule has 0 bridgehead atoms. The van der Waals surface area contributed by atoms with Crippen molar-refractivity contribution in [2.75, 3.05) is 0 Å². The quantitative estimate of drug-likeness (QED) is 0.936. The average Bonchev–Trinajstić information content (AvgIpc) is 2.32. The first kappa shape index (κ1) is 13.5. The molecule has 0 saturated heterocycles. The predicted octanol–water partition coefficient (Wildman–Crippen LogP) is 3.62. The van der Waals surface area contributed by atoms with Gasteiger partial charge in [-0.15, -0.1) is 0 Å². The second-order valence-corrected chi connectivity index (χ2v) is 4.51.